The highest BCUT2D eigenvalue weighted by atomic mass is 35.5. The molecule has 1 fully saturated rings. The second-order valence-corrected chi connectivity index (χ2v) is 5.35. The van der Waals surface area contributed by atoms with Crippen LogP contribution in [0.2, 0.25) is 5.02 Å². The van der Waals surface area contributed by atoms with Crippen molar-refractivity contribution in [2.24, 2.45) is 11.7 Å². The topological polar surface area (TPSA) is 72.3 Å². The van der Waals surface area contributed by atoms with Crippen molar-refractivity contribution in [2.45, 2.75) is 19.3 Å². The predicted octanol–water partition coefficient (Wildman–Crippen LogP) is 2.26. The van der Waals surface area contributed by atoms with Gasteiger partial charge in [0, 0.05) is 19.3 Å². The van der Waals surface area contributed by atoms with Crippen molar-refractivity contribution in [3.8, 4) is 0 Å². The Morgan fingerprint density at radius 1 is 1.50 bits per heavy atom. The Morgan fingerprint density at radius 2 is 2.17 bits per heavy atom. The summed E-state index contributed by atoms with van der Waals surface area (Å²) in [4.78, 5) is 13.5. The molecule has 18 heavy (non-hydrogen) atoms. The van der Waals surface area contributed by atoms with Crippen LogP contribution in [0.15, 0.2) is 12.1 Å². The monoisotopic (exact) mass is 267 g/mol. The molecule has 1 aromatic carbocycles. The van der Waals surface area contributed by atoms with E-state index in [-0.39, 0.29) is 0 Å². The number of carbonyl (C=O) groups is 1. The van der Waals surface area contributed by atoms with Gasteiger partial charge in [0.25, 0.3) is 5.91 Å². The first-order chi connectivity index (χ1) is 8.49. The van der Waals surface area contributed by atoms with Crippen molar-refractivity contribution in [1.82, 2.24) is 0 Å². The van der Waals surface area contributed by atoms with Crippen molar-refractivity contribution >= 4 is 28.9 Å². The summed E-state index contributed by atoms with van der Waals surface area (Å²) in [5.41, 5.74) is 12.6. The first kappa shape index (κ1) is 13.0. The Hall–Kier alpha value is -1.42. The molecule has 1 saturated carbocycles. The van der Waals surface area contributed by atoms with Crippen LogP contribution in [-0.2, 0) is 0 Å². The van der Waals surface area contributed by atoms with Crippen LogP contribution >= 0.6 is 11.6 Å². The molecule has 0 unspecified atom stereocenters. The van der Waals surface area contributed by atoms with Gasteiger partial charge in [0.1, 0.15) is 0 Å². The van der Waals surface area contributed by atoms with Gasteiger partial charge in [0.2, 0.25) is 0 Å². The molecule has 98 valence electrons. The fourth-order valence-electron chi connectivity index (χ4n) is 2.35. The highest BCUT2D eigenvalue weighted by molar-refractivity contribution is 6.34. The van der Waals surface area contributed by atoms with Gasteiger partial charge >= 0.3 is 0 Å². The average molecular weight is 268 g/mol. The summed E-state index contributed by atoms with van der Waals surface area (Å²) in [5, 5.41) is 0.477. The number of nitrogens with two attached hydrogens (primary N) is 2. The van der Waals surface area contributed by atoms with Gasteiger partial charge in [-0.2, -0.15) is 0 Å². The maximum Gasteiger partial charge on any atom is 0.250 e. The average Bonchev–Trinajstić information content (AvgIpc) is 2.21. The summed E-state index contributed by atoms with van der Waals surface area (Å²) < 4.78 is 0. The minimum absolute atomic E-state index is 0.391. The molecule has 1 aliphatic carbocycles. The molecule has 0 radical (unpaired) electrons. The van der Waals surface area contributed by atoms with E-state index in [1.165, 1.54) is 19.3 Å². The number of benzene rings is 1. The van der Waals surface area contributed by atoms with E-state index in [4.69, 9.17) is 23.1 Å². The molecule has 0 heterocycles. The number of hydrogen-bond donors (Lipinski definition) is 2. The minimum Gasteiger partial charge on any atom is -0.399 e. The van der Waals surface area contributed by atoms with E-state index in [0.29, 0.717) is 27.9 Å². The van der Waals surface area contributed by atoms with Crippen molar-refractivity contribution < 1.29 is 4.79 Å². The number of primary amides is 1. The SMILES string of the molecule is CN(CC1CCC1)c1c(Cl)cc(N)cc1C(N)=O. The maximum atomic E-state index is 11.5. The van der Waals surface area contributed by atoms with E-state index in [1.807, 2.05) is 11.9 Å². The third-order valence-electron chi connectivity index (χ3n) is 3.49. The Balaban J connectivity index is 2.31. The van der Waals surface area contributed by atoms with Crippen LogP contribution in [0.3, 0.4) is 0 Å². The molecule has 0 saturated heterocycles. The molecule has 2 rings (SSSR count). The van der Waals surface area contributed by atoms with Crippen LogP contribution in [0.5, 0.6) is 0 Å². The van der Waals surface area contributed by atoms with Crippen LogP contribution in [0.1, 0.15) is 29.6 Å². The van der Waals surface area contributed by atoms with Gasteiger partial charge in [-0.25, -0.2) is 0 Å². The lowest BCUT2D eigenvalue weighted by Gasteiger charge is -2.32. The molecular formula is C13H18ClN3O. The fraction of sp³-hybridized carbons (Fsp3) is 0.462. The smallest absolute Gasteiger partial charge is 0.250 e. The molecule has 5 heteroatoms. The lowest BCUT2D eigenvalue weighted by molar-refractivity contribution is 0.100. The van der Waals surface area contributed by atoms with Crippen LogP contribution in [0, 0.1) is 5.92 Å². The van der Waals surface area contributed by atoms with Gasteiger partial charge in [-0.3, -0.25) is 4.79 Å². The minimum atomic E-state index is -0.500. The van der Waals surface area contributed by atoms with E-state index in [0.717, 1.165) is 6.54 Å². The van der Waals surface area contributed by atoms with Crippen molar-refractivity contribution in [2.75, 3.05) is 24.2 Å². The number of amides is 1. The molecular weight excluding hydrogens is 250 g/mol. The normalized spacial score (nSPS) is 15.2. The number of nitrogen functional groups attached to an aromatic ring is 1. The second kappa shape index (κ2) is 5.06. The van der Waals surface area contributed by atoms with Crippen LogP contribution in [0.25, 0.3) is 0 Å². The highest BCUT2D eigenvalue weighted by Gasteiger charge is 2.23. The molecule has 0 atom stereocenters. The van der Waals surface area contributed by atoms with Crippen molar-refractivity contribution in [1.29, 1.82) is 0 Å². The zero-order chi connectivity index (χ0) is 13.3. The van der Waals surface area contributed by atoms with Gasteiger partial charge in [-0.15, -0.1) is 0 Å². The largest absolute Gasteiger partial charge is 0.399 e. The molecule has 4 nitrogen and oxygen atoms in total. The molecule has 1 aromatic rings. The van der Waals surface area contributed by atoms with Crippen molar-refractivity contribution in [3.63, 3.8) is 0 Å². The fourth-order valence-corrected chi connectivity index (χ4v) is 2.72. The summed E-state index contributed by atoms with van der Waals surface area (Å²) in [6.45, 7) is 0.893. The van der Waals surface area contributed by atoms with Crippen molar-refractivity contribution in [3.05, 3.63) is 22.7 Å². The summed E-state index contributed by atoms with van der Waals surface area (Å²) >= 11 is 6.19. The van der Waals surface area contributed by atoms with E-state index < -0.39 is 5.91 Å². The third-order valence-corrected chi connectivity index (χ3v) is 3.78. The Morgan fingerprint density at radius 3 is 2.67 bits per heavy atom. The van der Waals surface area contributed by atoms with Gasteiger partial charge in [-0.05, 0) is 30.9 Å². The maximum absolute atomic E-state index is 11.5. The predicted molar refractivity (Wildman–Crippen MR) is 75.0 cm³/mol. The molecule has 1 aliphatic rings. The van der Waals surface area contributed by atoms with E-state index >= 15 is 0 Å². The van der Waals surface area contributed by atoms with E-state index in [2.05, 4.69) is 0 Å². The third kappa shape index (κ3) is 2.53. The molecule has 0 aliphatic heterocycles. The van der Waals surface area contributed by atoms with Crippen LogP contribution in [0.4, 0.5) is 11.4 Å². The summed E-state index contributed by atoms with van der Waals surface area (Å²) in [5.74, 6) is 0.184. The first-order valence-corrected chi connectivity index (χ1v) is 6.46. The lowest BCUT2D eigenvalue weighted by atomic mass is 9.85. The Kier molecular flexibility index (Phi) is 3.66. The van der Waals surface area contributed by atoms with Gasteiger partial charge in [-0.1, -0.05) is 18.0 Å². The number of hydrogen-bond acceptors (Lipinski definition) is 3. The molecule has 4 N–H and O–H groups in total. The number of nitrogens with zero attached hydrogens (tertiary/aromatic N) is 1. The highest BCUT2D eigenvalue weighted by Crippen LogP contribution is 2.34. The van der Waals surface area contributed by atoms with Crippen LogP contribution < -0.4 is 16.4 Å². The van der Waals surface area contributed by atoms with Gasteiger partial charge in [0.05, 0.1) is 16.3 Å². The Labute approximate surface area is 112 Å². The number of halogens is 1. The van der Waals surface area contributed by atoms with E-state index in [1.54, 1.807) is 12.1 Å². The zero-order valence-electron chi connectivity index (χ0n) is 10.4. The quantitative estimate of drug-likeness (QED) is 0.822. The van der Waals surface area contributed by atoms with Gasteiger partial charge in [0.15, 0.2) is 0 Å². The molecule has 0 spiro atoms. The number of carbonyl (C=O) groups excluding carboxylic acids is 1. The summed E-state index contributed by atoms with van der Waals surface area (Å²) in [6, 6.07) is 3.24. The van der Waals surface area contributed by atoms with Gasteiger partial charge < -0.3 is 16.4 Å². The summed E-state index contributed by atoms with van der Waals surface area (Å²) in [6.07, 6.45) is 3.77. The number of anilines is 2. The van der Waals surface area contributed by atoms with E-state index in [9.17, 15) is 4.79 Å². The molecule has 1 amide bonds. The molecule has 0 aromatic heterocycles. The first-order valence-electron chi connectivity index (χ1n) is 6.09. The van der Waals surface area contributed by atoms with Crippen LogP contribution in [-0.4, -0.2) is 19.5 Å². The zero-order valence-corrected chi connectivity index (χ0v) is 11.2. The standard InChI is InChI=1S/C13H18ClN3O/c1-17(7-8-3-2-4-8)12-10(13(16)18)5-9(15)6-11(12)14/h5-6,8H,2-4,7,15H2,1H3,(H2,16,18). The lowest BCUT2D eigenvalue weighted by Crippen LogP contribution is -2.31. The number of rotatable bonds is 4. The molecule has 0 bridgehead atoms. The second-order valence-electron chi connectivity index (χ2n) is 4.94. The summed E-state index contributed by atoms with van der Waals surface area (Å²) in [7, 11) is 1.93. The Bertz CT molecular complexity index is 472.